The molecule has 1 unspecified atom stereocenters. The van der Waals surface area contributed by atoms with Crippen molar-refractivity contribution < 1.29 is 14.4 Å². The van der Waals surface area contributed by atoms with Gasteiger partial charge in [-0.2, -0.15) is 0 Å². The summed E-state index contributed by atoms with van der Waals surface area (Å²) in [6, 6.07) is -0.448. The summed E-state index contributed by atoms with van der Waals surface area (Å²) < 4.78 is 0. The molecule has 1 aliphatic rings. The van der Waals surface area contributed by atoms with Gasteiger partial charge in [-0.1, -0.05) is 39.3 Å². The Morgan fingerprint density at radius 3 is 2.26 bits per heavy atom. The van der Waals surface area contributed by atoms with Gasteiger partial charge >= 0.3 is 0 Å². The van der Waals surface area contributed by atoms with E-state index in [4.69, 9.17) is 0 Å². The van der Waals surface area contributed by atoms with Crippen molar-refractivity contribution in [3.8, 4) is 0 Å². The van der Waals surface area contributed by atoms with Gasteiger partial charge in [-0.15, -0.1) is 0 Å². The largest absolute Gasteiger partial charge is 0.355 e. The van der Waals surface area contributed by atoms with Crippen LogP contribution in [0.1, 0.15) is 66.2 Å². The topological polar surface area (TPSA) is 78.5 Å². The molecule has 6 nitrogen and oxygen atoms in total. The molecule has 0 aromatic rings. The Morgan fingerprint density at radius 1 is 1.07 bits per heavy atom. The monoisotopic (exact) mass is 379 g/mol. The van der Waals surface area contributed by atoms with Crippen LogP contribution < -0.4 is 10.6 Å². The molecular weight excluding hydrogens is 342 g/mol. The lowest BCUT2D eigenvalue weighted by atomic mass is 9.84. The van der Waals surface area contributed by atoms with Gasteiger partial charge in [-0.3, -0.25) is 19.3 Å². The minimum atomic E-state index is -0.448. The average Bonchev–Trinajstić information content (AvgIpc) is 2.56. The van der Waals surface area contributed by atoms with E-state index in [0.717, 1.165) is 45.2 Å². The number of hydrogen-bond acceptors (Lipinski definition) is 4. The first-order valence-electron chi connectivity index (χ1n) is 10.0. The van der Waals surface area contributed by atoms with Gasteiger partial charge in [0.1, 0.15) is 0 Å². The lowest BCUT2D eigenvalue weighted by molar-refractivity contribution is -0.129. The van der Waals surface area contributed by atoms with Gasteiger partial charge < -0.3 is 10.6 Å². The van der Waals surface area contributed by atoms with Crippen LogP contribution in [0, 0.1) is 5.41 Å². The maximum absolute atomic E-state index is 12.0. The molecule has 0 spiro atoms. The van der Waals surface area contributed by atoms with Crippen molar-refractivity contribution in [2.75, 3.05) is 26.2 Å². The van der Waals surface area contributed by atoms with Gasteiger partial charge in [-0.05, 0) is 38.0 Å². The third-order valence-corrected chi connectivity index (χ3v) is 4.91. The highest BCUT2D eigenvalue weighted by molar-refractivity contribution is 5.88. The molecule has 1 atom stereocenters. The second kappa shape index (κ2) is 11.2. The van der Waals surface area contributed by atoms with Crippen molar-refractivity contribution >= 4 is 17.6 Å². The fourth-order valence-electron chi connectivity index (χ4n) is 3.26. The van der Waals surface area contributed by atoms with E-state index in [0.29, 0.717) is 19.5 Å². The third kappa shape index (κ3) is 9.70. The fraction of sp³-hybridized carbons (Fsp3) is 0.762. The van der Waals surface area contributed by atoms with E-state index >= 15 is 0 Å². The van der Waals surface area contributed by atoms with E-state index in [-0.39, 0.29) is 23.0 Å². The molecule has 1 fully saturated rings. The molecule has 2 amide bonds. The predicted molar refractivity (Wildman–Crippen MR) is 108 cm³/mol. The molecule has 1 heterocycles. The summed E-state index contributed by atoms with van der Waals surface area (Å²) >= 11 is 0. The van der Waals surface area contributed by atoms with E-state index in [1.54, 1.807) is 0 Å². The first-order valence-corrected chi connectivity index (χ1v) is 10.0. The van der Waals surface area contributed by atoms with Gasteiger partial charge in [0.25, 0.3) is 0 Å². The zero-order valence-corrected chi connectivity index (χ0v) is 17.5. The zero-order valence-electron chi connectivity index (χ0n) is 17.5. The number of rotatable bonds is 10. The van der Waals surface area contributed by atoms with Crippen molar-refractivity contribution in [1.29, 1.82) is 0 Å². The smallest absolute Gasteiger partial charge is 0.234 e. The van der Waals surface area contributed by atoms with Gasteiger partial charge in [0.05, 0.1) is 12.6 Å². The number of ketones is 1. The first-order chi connectivity index (χ1) is 12.6. The summed E-state index contributed by atoms with van der Waals surface area (Å²) in [4.78, 5) is 37.8. The van der Waals surface area contributed by atoms with Crippen molar-refractivity contribution in [2.45, 2.75) is 72.3 Å². The predicted octanol–water partition coefficient (Wildman–Crippen LogP) is 2.43. The number of amides is 2. The molecule has 1 saturated heterocycles. The molecule has 2 N–H and O–H groups in total. The van der Waals surface area contributed by atoms with Crippen LogP contribution in [0.25, 0.3) is 0 Å². The van der Waals surface area contributed by atoms with Gasteiger partial charge in [0, 0.05) is 26.1 Å². The van der Waals surface area contributed by atoms with Crippen LogP contribution in [0.4, 0.5) is 0 Å². The Kier molecular flexibility index (Phi) is 9.70. The number of nitrogens with zero attached hydrogens (tertiary/aromatic N) is 1. The van der Waals surface area contributed by atoms with Crippen LogP contribution in [0.2, 0.25) is 0 Å². The Labute approximate surface area is 164 Å². The second-order valence-electron chi connectivity index (χ2n) is 8.66. The molecule has 27 heavy (non-hydrogen) atoms. The molecular formula is C21H37N3O3. The second-order valence-corrected chi connectivity index (χ2v) is 8.66. The normalized spacial score (nSPS) is 16.7. The molecule has 6 heteroatoms. The molecule has 1 aliphatic heterocycles. The Bertz CT molecular complexity index is 527. The minimum Gasteiger partial charge on any atom is -0.355 e. The van der Waals surface area contributed by atoms with Crippen LogP contribution in [0.5, 0.6) is 0 Å². The van der Waals surface area contributed by atoms with E-state index in [9.17, 15) is 14.4 Å². The average molecular weight is 380 g/mol. The van der Waals surface area contributed by atoms with Gasteiger partial charge in [-0.25, -0.2) is 0 Å². The van der Waals surface area contributed by atoms with E-state index in [2.05, 4.69) is 22.1 Å². The number of unbranched alkanes of at least 4 members (excludes halogenated alkanes) is 2. The zero-order chi connectivity index (χ0) is 20.4. The Hall–Kier alpha value is -1.69. The summed E-state index contributed by atoms with van der Waals surface area (Å²) in [7, 11) is 0. The number of nitrogens with one attached hydrogen (secondary N) is 2. The standard InChI is InChI=1S/C21H37N3O3/c1-16-10-13-24(14-11-16)15-19(27)22-12-8-6-7-9-18(26)23-20(17(2)25)21(3,4)5/h20H,1,6-15H2,2-5H3,(H,22,27)(H,23,26). The van der Waals surface area contributed by atoms with E-state index < -0.39 is 6.04 Å². The van der Waals surface area contributed by atoms with Crippen molar-refractivity contribution in [2.24, 2.45) is 5.41 Å². The quantitative estimate of drug-likeness (QED) is 0.451. The maximum Gasteiger partial charge on any atom is 0.234 e. The summed E-state index contributed by atoms with van der Waals surface area (Å²) in [5.41, 5.74) is 0.987. The van der Waals surface area contributed by atoms with Crippen molar-refractivity contribution in [3.63, 3.8) is 0 Å². The highest BCUT2D eigenvalue weighted by Crippen LogP contribution is 2.20. The minimum absolute atomic E-state index is 0.0171. The van der Waals surface area contributed by atoms with Crippen molar-refractivity contribution in [1.82, 2.24) is 15.5 Å². The van der Waals surface area contributed by atoms with Crippen LogP contribution in [0.15, 0.2) is 12.2 Å². The molecule has 0 aliphatic carbocycles. The summed E-state index contributed by atoms with van der Waals surface area (Å²) in [6.45, 7) is 14.3. The van der Waals surface area contributed by atoms with Gasteiger partial charge in [0.15, 0.2) is 5.78 Å². The number of likely N-dealkylation sites (tertiary alicyclic amines) is 1. The number of Topliss-reactive ketones (excluding diaryl/α,β-unsaturated/α-hetero) is 1. The number of hydrogen-bond donors (Lipinski definition) is 2. The Balaban J connectivity index is 2.11. The van der Waals surface area contributed by atoms with Crippen LogP contribution in [0.3, 0.4) is 0 Å². The lowest BCUT2D eigenvalue weighted by Crippen LogP contribution is -2.48. The lowest BCUT2D eigenvalue weighted by Gasteiger charge is -2.29. The van der Waals surface area contributed by atoms with Gasteiger partial charge in [0.2, 0.25) is 11.8 Å². The number of carbonyl (C=O) groups excluding carboxylic acids is 3. The molecule has 154 valence electrons. The van der Waals surface area contributed by atoms with Crippen LogP contribution >= 0.6 is 0 Å². The number of piperidine rings is 1. The molecule has 0 saturated carbocycles. The Morgan fingerprint density at radius 2 is 1.70 bits per heavy atom. The van der Waals surface area contributed by atoms with Crippen LogP contribution in [-0.4, -0.2) is 54.7 Å². The van der Waals surface area contributed by atoms with Crippen molar-refractivity contribution in [3.05, 3.63) is 12.2 Å². The number of carbonyl (C=O) groups is 3. The summed E-state index contributed by atoms with van der Waals surface area (Å²) in [6.07, 6.45) is 4.85. The SMILES string of the molecule is C=C1CCN(CC(=O)NCCCCCC(=O)NC(C(C)=O)C(C)(C)C)CC1. The fourth-order valence-corrected chi connectivity index (χ4v) is 3.26. The molecule has 1 rings (SSSR count). The highest BCUT2D eigenvalue weighted by Gasteiger charge is 2.29. The highest BCUT2D eigenvalue weighted by atomic mass is 16.2. The molecule has 0 radical (unpaired) electrons. The third-order valence-electron chi connectivity index (χ3n) is 4.91. The molecule has 0 aromatic carbocycles. The van der Waals surface area contributed by atoms with Crippen LogP contribution in [-0.2, 0) is 14.4 Å². The molecule has 0 aromatic heterocycles. The summed E-state index contributed by atoms with van der Waals surface area (Å²) in [5, 5.41) is 5.79. The molecule has 0 bridgehead atoms. The summed E-state index contributed by atoms with van der Waals surface area (Å²) in [5.74, 6) is -0.0350. The first kappa shape index (κ1) is 23.3. The van der Waals surface area contributed by atoms with E-state index in [1.807, 2.05) is 20.8 Å². The van der Waals surface area contributed by atoms with E-state index in [1.165, 1.54) is 12.5 Å². The maximum atomic E-state index is 12.0.